The molecule has 4 rings (SSSR count). The highest BCUT2D eigenvalue weighted by atomic mass is 32.1. The van der Waals surface area contributed by atoms with Crippen molar-refractivity contribution in [3.63, 3.8) is 0 Å². The Kier molecular flexibility index (Phi) is 4.90. The first kappa shape index (κ1) is 15.2. The molecule has 0 radical (unpaired) electrons. The fraction of sp³-hybridized carbons (Fsp3) is 0.375. The van der Waals surface area contributed by atoms with Crippen molar-refractivity contribution in [2.75, 3.05) is 11.9 Å². The van der Waals surface area contributed by atoms with Gasteiger partial charge >= 0.3 is 0 Å². The van der Waals surface area contributed by atoms with Crippen molar-refractivity contribution < 1.29 is 9.59 Å². The highest BCUT2D eigenvalue weighted by molar-refractivity contribution is 7.10. The van der Waals surface area contributed by atoms with Gasteiger partial charge in [-0.3, -0.25) is 9.59 Å². The lowest BCUT2D eigenvalue weighted by atomic mass is 10.2. The molecule has 4 heterocycles. The second-order valence-corrected chi connectivity index (χ2v) is 7.28. The summed E-state index contributed by atoms with van der Waals surface area (Å²) in [5.41, 5.74) is 1.91. The van der Waals surface area contributed by atoms with Gasteiger partial charge < -0.3 is 10.6 Å². The van der Waals surface area contributed by atoms with E-state index in [0.29, 0.717) is 6.42 Å². The van der Waals surface area contributed by atoms with Crippen molar-refractivity contribution in [3.8, 4) is 0 Å². The molecule has 2 amide bonds. The monoisotopic (exact) mass is 334 g/mol. The van der Waals surface area contributed by atoms with Crippen molar-refractivity contribution in [3.05, 3.63) is 38.2 Å². The predicted octanol–water partition coefficient (Wildman–Crippen LogP) is 3.45. The summed E-state index contributed by atoms with van der Waals surface area (Å²) < 4.78 is 0. The zero-order chi connectivity index (χ0) is 15.4. The number of carbonyl (C=O) groups is 2. The second kappa shape index (κ2) is 7.07. The van der Waals surface area contributed by atoms with Gasteiger partial charge in [0.15, 0.2) is 0 Å². The van der Waals surface area contributed by atoms with E-state index in [1.807, 2.05) is 22.9 Å². The fourth-order valence-electron chi connectivity index (χ4n) is 2.55. The third-order valence-corrected chi connectivity index (χ3v) is 5.64. The lowest BCUT2D eigenvalue weighted by Gasteiger charge is -1.97. The maximum absolute atomic E-state index is 11.3. The molecule has 0 fully saturated rings. The molecule has 2 N–H and O–H groups in total. The van der Waals surface area contributed by atoms with Crippen LogP contribution in [0.2, 0.25) is 0 Å². The van der Waals surface area contributed by atoms with Crippen LogP contribution in [0, 0.1) is 0 Å². The molecule has 0 aromatic carbocycles. The summed E-state index contributed by atoms with van der Waals surface area (Å²) >= 11 is 3.41. The molecular weight excluding hydrogens is 316 g/mol. The lowest BCUT2D eigenvalue weighted by Crippen LogP contribution is -2.22. The smallest absolute Gasteiger partial charge is 0.252 e. The number of aryl methyl sites for hydroxylation is 2. The number of rotatable bonds is 0. The molecule has 2 aliphatic rings. The topological polar surface area (TPSA) is 58.2 Å². The molecule has 6 heteroatoms. The predicted molar refractivity (Wildman–Crippen MR) is 90.9 cm³/mol. The first-order chi connectivity index (χ1) is 10.7. The Hall–Kier alpha value is -1.66. The zero-order valence-electron chi connectivity index (χ0n) is 12.2. The van der Waals surface area contributed by atoms with Crippen molar-refractivity contribution in [1.82, 2.24) is 5.32 Å². The van der Waals surface area contributed by atoms with E-state index < -0.39 is 0 Å². The van der Waals surface area contributed by atoms with Gasteiger partial charge in [-0.1, -0.05) is 0 Å². The Morgan fingerprint density at radius 1 is 0.909 bits per heavy atom. The number of carbonyl (C=O) groups excluding carboxylic acids is 2. The molecule has 4 nitrogen and oxygen atoms in total. The molecule has 0 bridgehead atoms. The first-order valence-electron chi connectivity index (χ1n) is 7.45. The van der Waals surface area contributed by atoms with Crippen LogP contribution in [0.3, 0.4) is 0 Å². The molecule has 0 unspecified atom stereocenters. The Morgan fingerprint density at radius 2 is 1.68 bits per heavy atom. The largest absolute Gasteiger partial charge is 0.352 e. The average molecular weight is 334 g/mol. The molecule has 2 aromatic rings. The Balaban J connectivity index is 0.000000131. The molecule has 2 aliphatic heterocycles. The number of nitrogens with one attached hydrogen (secondary N) is 2. The van der Waals surface area contributed by atoms with E-state index in [-0.39, 0.29) is 11.8 Å². The number of hydrogen-bond acceptors (Lipinski definition) is 4. The minimum atomic E-state index is 0.0961. The minimum absolute atomic E-state index is 0.0961. The van der Waals surface area contributed by atoms with Crippen LogP contribution in [0.5, 0.6) is 0 Å². The van der Waals surface area contributed by atoms with Gasteiger partial charge in [-0.25, -0.2) is 0 Å². The van der Waals surface area contributed by atoms with Gasteiger partial charge in [-0.05, 0) is 48.6 Å². The molecule has 116 valence electrons. The van der Waals surface area contributed by atoms with Gasteiger partial charge in [-0.15, -0.1) is 22.7 Å². The number of thiophene rings is 2. The summed E-state index contributed by atoms with van der Waals surface area (Å²) in [4.78, 5) is 24.9. The minimum Gasteiger partial charge on any atom is -0.352 e. The van der Waals surface area contributed by atoms with Gasteiger partial charge in [0.05, 0.1) is 11.3 Å². The van der Waals surface area contributed by atoms with Gasteiger partial charge in [-0.2, -0.15) is 0 Å². The van der Waals surface area contributed by atoms with Gasteiger partial charge in [0.2, 0.25) is 5.91 Å². The normalized spacial score (nSPS) is 16.9. The second-order valence-electron chi connectivity index (χ2n) is 5.28. The number of anilines is 1. The van der Waals surface area contributed by atoms with E-state index in [1.54, 1.807) is 22.7 Å². The van der Waals surface area contributed by atoms with Gasteiger partial charge in [0.1, 0.15) is 0 Å². The van der Waals surface area contributed by atoms with Crippen molar-refractivity contribution in [1.29, 1.82) is 0 Å². The van der Waals surface area contributed by atoms with E-state index in [2.05, 4.69) is 10.6 Å². The maximum atomic E-state index is 11.3. The highest BCUT2D eigenvalue weighted by Gasteiger charge is 2.15. The standard InChI is InChI=1S/2C8H9NOS/c10-8-6-3-5-11-7(6)2-1-4-9-8;10-8-3-1-2-7-6(9-8)4-5-11-7/h3,5H,1-2,4H2,(H,9,10);4-5H,1-3H2,(H,9,10). The summed E-state index contributed by atoms with van der Waals surface area (Å²) in [5.74, 6) is 0.251. The molecule has 0 saturated heterocycles. The van der Waals surface area contributed by atoms with Crippen molar-refractivity contribution in [2.24, 2.45) is 0 Å². The summed E-state index contributed by atoms with van der Waals surface area (Å²) in [6, 6.07) is 3.88. The van der Waals surface area contributed by atoms with Gasteiger partial charge in [0, 0.05) is 22.7 Å². The SMILES string of the molecule is O=C1CCCc2sccc2N1.O=C1NCCCc2sccc21. The van der Waals surface area contributed by atoms with Crippen LogP contribution in [0.1, 0.15) is 39.4 Å². The van der Waals surface area contributed by atoms with Crippen LogP contribution < -0.4 is 10.6 Å². The molecule has 2 aromatic heterocycles. The van der Waals surface area contributed by atoms with E-state index in [1.165, 1.54) is 9.75 Å². The number of fused-ring (bicyclic) bond motifs is 2. The summed E-state index contributed by atoms with van der Waals surface area (Å²) in [5, 5.41) is 9.73. The number of hydrogen-bond donors (Lipinski definition) is 2. The third-order valence-electron chi connectivity index (χ3n) is 3.68. The summed E-state index contributed by atoms with van der Waals surface area (Å²) in [6.07, 6.45) is 4.82. The molecular formula is C16H18N2O2S2. The summed E-state index contributed by atoms with van der Waals surface area (Å²) in [7, 11) is 0. The van der Waals surface area contributed by atoms with Crippen LogP contribution in [0.4, 0.5) is 5.69 Å². The zero-order valence-corrected chi connectivity index (χ0v) is 13.8. The third kappa shape index (κ3) is 3.56. The van der Waals surface area contributed by atoms with Gasteiger partial charge in [0.25, 0.3) is 5.91 Å². The highest BCUT2D eigenvalue weighted by Crippen LogP contribution is 2.26. The van der Waals surface area contributed by atoms with Crippen molar-refractivity contribution >= 4 is 40.2 Å². The first-order valence-corrected chi connectivity index (χ1v) is 9.21. The van der Waals surface area contributed by atoms with E-state index in [0.717, 1.165) is 43.5 Å². The van der Waals surface area contributed by atoms with Crippen LogP contribution in [-0.2, 0) is 17.6 Å². The van der Waals surface area contributed by atoms with E-state index in [9.17, 15) is 9.59 Å². The number of amides is 2. The molecule has 0 atom stereocenters. The summed E-state index contributed by atoms with van der Waals surface area (Å²) in [6.45, 7) is 0.820. The van der Waals surface area contributed by atoms with Crippen LogP contribution in [-0.4, -0.2) is 18.4 Å². The van der Waals surface area contributed by atoms with E-state index in [4.69, 9.17) is 0 Å². The average Bonchev–Trinajstić information content (AvgIpc) is 3.07. The maximum Gasteiger partial charge on any atom is 0.252 e. The molecule has 0 saturated carbocycles. The Bertz CT molecular complexity index is 675. The van der Waals surface area contributed by atoms with E-state index >= 15 is 0 Å². The molecule has 0 aliphatic carbocycles. The molecule has 0 spiro atoms. The quantitative estimate of drug-likeness (QED) is 0.775. The fourth-order valence-corrected chi connectivity index (χ4v) is 4.35. The van der Waals surface area contributed by atoms with Crippen LogP contribution >= 0.6 is 22.7 Å². The Morgan fingerprint density at radius 3 is 2.59 bits per heavy atom. The van der Waals surface area contributed by atoms with Crippen molar-refractivity contribution in [2.45, 2.75) is 32.1 Å². The lowest BCUT2D eigenvalue weighted by molar-refractivity contribution is -0.116. The molecule has 22 heavy (non-hydrogen) atoms. The van der Waals surface area contributed by atoms with Crippen LogP contribution in [0.15, 0.2) is 22.9 Å². The van der Waals surface area contributed by atoms with Crippen LogP contribution in [0.25, 0.3) is 0 Å². The Labute approximate surface area is 137 Å².